The van der Waals surface area contributed by atoms with Gasteiger partial charge in [-0.3, -0.25) is 0 Å². The number of rotatable bonds is 15. The zero-order valence-corrected chi connectivity index (χ0v) is 29.7. The molecule has 2 heteroatoms. The van der Waals surface area contributed by atoms with Crippen LogP contribution in [0.3, 0.4) is 0 Å². The third-order valence-electron chi connectivity index (χ3n) is 9.49. The van der Waals surface area contributed by atoms with Crippen molar-refractivity contribution in [1.29, 1.82) is 0 Å². The van der Waals surface area contributed by atoms with Crippen molar-refractivity contribution in [2.75, 3.05) is 0 Å². The van der Waals surface area contributed by atoms with Gasteiger partial charge in [-0.15, -0.1) is 0 Å². The first-order valence-electron chi connectivity index (χ1n) is 17.1. The molecule has 1 aliphatic carbocycles. The molecule has 0 saturated heterocycles. The van der Waals surface area contributed by atoms with Crippen molar-refractivity contribution in [3.63, 3.8) is 0 Å². The van der Waals surface area contributed by atoms with Crippen LogP contribution in [-0.4, -0.2) is 8.07 Å². The maximum absolute atomic E-state index is 2.58. The second-order valence-corrected chi connectivity index (χ2v) is 17.3. The summed E-state index contributed by atoms with van der Waals surface area (Å²) < 4.78 is 1.46. The molecule has 1 aliphatic rings. The van der Waals surface area contributed by atoms with E-state index in [4.69, 9.17) is 0 Å². The average molecular weight is 630 g/mol. The fourth-order valence-electron chi connectivity index (χ4n) is 6.92. The van der Waals surface area contributed by atoms with Gasteiger partial charge in [0, 0.05) is 0 Å². The minimum absolute atomic E-state index is 0.991. The van der Waals surface area contributed by atoms with Gasteiger partial charge in [0.15, 0.2) is 0 Å². The monoisotopic (exact) mass is 629 g/mol. The fourth-order valence-corrected chi connectivity index (χ4v) is 12.8. The standard InChI is InChI=1S/C42H49Si.Ti/c1-4-7-14-34-21-27-39(28-22-34)43(40-29-23-35(24-30-40)15-8-5-2,41-31-25-36(26-32-41)16-9-6-3)42-20-13-19-38(42)33-37-17-11-10-12-18-37;/h10-13,17-18,21-32H,4-9,14-16,20,33H2,1-3H3;. The van der Waals surface area contributed by atoms with Gasteiger partial charge in [-0.05, 0) is 0 Å². The summed E-state index contributed by atoms with van der Waals surface area (Å²) >= 11 is 2.35. The molecule has 225 valence electrons. The SMILES string of the molecule is CCCCc1ccc([Si](C2=C(Cc3ccccc3)[C]([Ti])=CC2)(c2ccc(CCCC)cc2)c2ccc(CCCC)cc2)cc1. The summed E-state index contributed by atoms with van der Waals surface area (Å²) in [6, 6.07) is 40.8. The van der Waals surface area contributed by atoms with E-state index in [1.54, 1.807) is 10.8 Å². The van der Waals surface area contributed by atoms with E-state index in [0.717, 1.165) is 32.1 Å². The van der Waals surface area contributed by atoms with Crippen LogP contribution in [0.4, 0.5) is 0 Å². The van der Waals surface area contributed by atoms with Gasteiger partial charge in [0.2, 0.25) is 0 Å². The van der Waals surface area contributed by atoms with Gasteiger partial charge in [0.25, 0.3) is 0 Å². The van der Waals surface area contributed by atoms with Crippen LogP contribution in [0.5, 0.6) is 0 Å². The molecule has 0 aromatic heterocycles. The Labute approximate surface area is 280 Å². The Morgan fingerprint density at radius 3 is 1.32 bits per heavy atom. The first-order valence-corrected chi connectivity index (χ1v) is 19.8. The topological polar surface area (TPSA) is 0 Å². The average Bonchev–Trinajstić information content (AvgIpc) is 3.43. The Hall–Kier alpha value is -2.71. The molecule has 44 heavy (non-hydrogen) atoms. The molecule has 0 unspecified atom stereocenters. The van der Waals surface area contributed by atoms with Crippen LogP contribution in [0.1, 0.15) is 88.0 Å². The number of unbranched alkanes of at least 4 members (excludes halogenated alkanes) is 3. The third kappa shape index (κ3) is 7.39. The molecule has 0 aliphatic heterocycles. The van der Waals surface area contributed by atoms with Crippen LogP contribution in [0.15, 0.2) is 124 Å². The number of benzene rings is 4. The molecule has 4 aromatic rings. The summed E-state index contributed by atoms with van der Waals surface area (Å²) in [5.74, 6) is 0. The van der Waals surface area contributed by atoms with E-state index in [2.05, 4.69) is 150 Å². The predicted molar refractivity (Wildman–Crippen MR) is 190 cm³/mol. The Bertz CT molecular complexity index is 1400. The molecule has 0 amide bonds. The second kappa shape index (κ2) is 16.0. The Balaban J connectivity index is 1.75. The molecule has 0 atom stereocenters. The summed E-state index contributed by atoms with van der Waals surface area (Å²) in [6.07, 6.45) is 15.4. The van der Waals surface area contributed by atoms with Crippen LogP contribution >= 0.6 is 0 Å². The molecule has 0 N–H and O–H groups in total. The molecule has 0 nitrogen and oxygen atoms in total. The normalized spacial score (nSPS) is 13.4. The third-order valence-corrected chi connectivity index (χ3v) is 15.3. The van der Waals surface area contributed by atoms with Gasteiger partial charge in [0.05, 0.1) is 0 Å². The fraction of sp³-hybridized carbons (Fsp3) is 0.333. The van der Waals surface area contributed by atoms with Gasteiger partial charge in [-0.1, -0.05) is 0 Å². The van der Waals surface area contributed by atoms with Crippen LogP contribution in [0, 0.1) is 0 Å². The first-order chi connectivity index (χ1) is 21.6. The second-order valence-electron chi connectivity index (χ2n) is 12.6. The molecule has 4 aromatic carbocycles. The van der Waals surface area contributed by atoms with Crippen LogP contribution in [0.2, 0.25) is 0 Å². The van der Waals surface area contributed by atoms with E-state index >= 15 is 0 Å². The minimum atomic E-state index is -2.58. The zero-order valence-electron chi connectivity index (χ0n) is 27.2. The molecule has 0 heterocycles. The van der Waals surface area contributed by atoms with Crippen LogP contribution in [0.25, 0.3) is 0 Å². The van der Waals surface area contributed by atoms with E-state index in [1.807, 2.05) is 0 Å². The van der Waals surface area contributed by atoms with E-state index in [1.165, 1.54) is 80.2 Å². The van der Waals surface area contributed by atoms with Crippen molar-refractivity contribution < 1.29 is 20.4 Å². The van der Waals surface area contributed by atoms with Gasteiger partial charge < -0.3 is 0 Å². The summed E-state index contributed by atoms with van der Waals surface area (Å²) in [5, 5.41) is 6.22. The molecule has 0 bridgehead atoms. The number of allylic oxidation sites excluding steroid dienone is 4. The molecule has 5 rings (SSSR count). The van der Waals surface area contributed by atoms with Gasteiger partial charge in [-0.25, -0.2) is 0 Å². The number of hydrogen-bond acceptors (Lipinski definition) is 0. The maximum atomic E-state index is 2.51. The molecule has 0 radical (unpaired) electrons. The summed E-state index contributed by atoms with van der Waals surface area (Å²) in [6.45, 7) is 6.87. The van der Waals surface area contributed by atoms with Crippen molar-refractivity contribution >= 4 is 23.6 Å². The first kappa shape index (κ1) is 32.7. The summed E-state index contributed by atoms with van der Waals surface area (Å²) in [7, 11) is -2.58. The van der Waals surface area contributed by atoms with E-state index in [-0.39, 0.29) is 0 Å². The van der Waals surface area contributed by atoms with E-state index < -0.39 is 8.07 Å². The Morgan fingerprint density at radius 1 is 0.523 bits per heavy atom. The van der Waals surface area contributed by atoms with Crippen molar-refractivity contribution in [1.82, 2.24) is 0 Å². The summed E-state index contributed by atoms with van der Waals surface area (Å²) in [4.78, 5) is 0. The molecular formula is C42H49SiTi. The van der Waals surface area contributed by atoms with E-state index in [0.29, 0.717) is 0 Å². The predicted octanol–water partition coefficient (Wildman–Crippen LogP) is 9.10. The zero-order chi connectivity index (χ0) is 30.8. The van der Waals surface area contributed by atoms with Crippen molar-refractivity contribution in [3.05, 3.63) is 146 Å². The van der Waals surface area contributed by atoms with Gasteiger partial charge >= 0.3 is 282 Å². The Kier molecular flexibility index (Phi) is 11.9. The molecular weight excluding hydrogens is 580 g/mol. The molecule has 0 saturated carbocycles. The molecule has 0 spiro atoms. The summed E-state index contributed by atoms with van der Waals surface area (Å²) in [5.41, 5.74) is 7.34. The quantitative estimate of drug-likeness (QED) is 0.0909. The van der Waals surface area contributed by atoms with Crippen molar-refractivity contribution in [2.45, 2.75) is 91.4 Å². The van der Waals surface area contributed by atoms with Gasteiger partial charge in [0.1, 0.15) is 0 Å². The number of hydrogen-bond donors (Lipinski definition) is 0. The van der Waals surface area contributed by atoms with E-state index in [9.17, 15) is 0 Å². The number of aryl methyl sites for hydroxylation is 3. The van der Waals surface area contributed by atoms with Crippen LogP contribution in [-0.2, 0) is 46.1 Å². The van der Waals surface area contributed by atoms with Gasteiger partial charge in [-0.2, -0.15) is 0 Å². The molecule has 0 fully saturated rings. The van der Waals surface area contributed by atoms with Crippen molar-refractivity contribution in [2.24, 2.45) is 0 Å². The van der Waals surface area contributed by atoms with Crippen LogP contribution < -0.4 is 15.6 Å². The van der Waals surface area contributed by atoms with Crippen molar-refractivity contribution in [3.8, 4) is 0 Å². The Morgan fingerprint density at radius 2 is 0.932 bits per heavy atom.